The lowest BCUT2D eigenvalue weighted by molar-refractivity contribution is -0.130. The molecule has 108 valence electrons. The molecule has 0 aliphatic heterocycles. The van der Waals surface area contributed by atoms with Crippen LogP contribution in [0.3, 0.4) is 0 Å². The van der Waals surface area contributed by atoms with Gasteiger partial charge in [0, 0.05) is 0 Å². The smallest absolute Gasteiger partial charge is 0.293 e. The first-order chi connectivity index (χ1) is 8.63. The summed E-state index contributed by atoms with van der Waals surface area (Å²) in [5, 5.41) is 10.4. The van der Waals surface area contributed by atoms with E-state index in [-0.39, 0.29) is 24.8 Å². The summed E-state index contributed by atoms with van der Waals surface area (Å²) in [7, 11) is 0. The van der Waals surface area contributed by atoms with Crippen LogP contribution in [0.1, 0.15) is 34.6 Å². The van der Waals surface area contributed by atoms with Crippen molar-refractivity contribution >= 4 is 18.2 Å². The molecule has 0 fully saturated rings. The Morgan fingerprint density at radius 1 is 1.16 bits per heavy atom. The van der Waals surface area contributed by atoms with Gasteiger partial charge in [-0.25, -0.2) is 0 Å². The van der Waals surface area contributed by atoms with Gasteiger partial charge in [0.2, 0.25) is 5.91 Å². The van der Waals surface area contributed by atoms with Gasteiger partial charge < -0.3 is 10.1 Å². The summed E-state index contributed by atoms with van der Waals surface area (Å²) < 4.78 is 4.45. The van der Waals surface area contributed by atoms with E-state index in [9.17, 15) is 14.4 Å². The molecule has 0 heterocycles. The summed E-state index contributed by atoms with van der Waals surface area (Å²) in [4.78, 5) is 33.0. The molecule has 1 N–H and O–H groups in total. The van der Waals surface area contributed by atoms with Crippen molar-refractivity contribution in [3.05, 3.63) is 0 Å². The van der Waals surface area contributed by atoms with E-state index >= 15 is 0 Å². The van der Waals surface area contributed by atoms with Gasteiger partial charge >= 0.3 is 0 Å². The average molecular weight is 271 g/mol. The van der Waals surface area contributed by atoms with Crippen LogP contribution >= 0.6 is 0 Å². The van der Waals surface area contributed by atoms with E-state index in [0.717, 1.165) is 0 Å². The van der Waals surface area contributed by atoms with Crippen molar-refractivity contribution in [1.82, 2.24) is 5.32 Å². The topological polar surface area (TPSA) is 97.2 Å². The van der Waals surface area contributed by atoms with Crippen LogP contribution in [0.5, 0.6) is 0 Å². The normalized spacial score (nSPS) is 12.3. The van der Waals surface area contributed by atoms with Crippen molar-refractivity contribution in [1.29, 1.82) is 0 Å². The minimum Gasteiger partial charge on any atom is -0.466 e. The third-order valence-electron chi connectivity index (χ3n) is 2.54. The average Bonchev–Trinajstić information content (AvgIpc) is 2.32. The molecule has 0 aromatic carbocycles. The second-order valence-electron chi connectivity index (χ2n) is 5.10. The fourth-order valence-electron chi connectivity index (χ4n) is 0.854. The minimum absolute atomic E-state index is 0.0986. The maximum absolute atomic E-state index is 11.8. The molecule has 0 aromatic heterocycles. The molecule has 7 nitrogen and oxygen atoms in total. The van der Waals surface area contributed by atoms with Crippen molar-refractivity contribution < 1.29 is 19.1 Å². The van der Waals surface area contributed by atoms with Crippen LogP contribution in [0.4, 0.5) is 0 Å². The van der Waals surface area contributed by atoms with E-state index in [2.05, 4.69) is 20.3 Å². The molecule has 0 saturated carbocycles. The molecule has 0 aliphatic rings. The molecule has 0 atom stereocenters. The van der Waals surface area contributed by atoms with Crippen molar-refractivity contribution in [3.8, 4) is 0 Å². The number of ketones is 1. The Morgan fingerprint density at radius 3 is 2.16 bits per heavy atom. The van der Waals surface area contributed by atoms with Gasteiger partial charge in [0.1, 0.15) is 12.1 Å². The molecular weight excluding hydrogens is 250 g/mol. The summed E-state index contributed by atoms with van der Waals surface area (Å²) in [5.74, 6) is -0.489. The highest BCUT2D eigenvalue weighted by Crippen LogP contribution is 2.16. The number of hydrogen-bond acceptors (Lipinski definition) is 6. The maximum atomic E-state index is 11.8. The molecule has 0 rings (SSSR count). The number of nitrogens with zero attached hydrogens (tertiary/aromatic N) is 2. The van der Waals surface area contributed by atoms with E-state index in [1.54, 1.807) is 27.7 Å². The van der Waals surface area contributed by atoms with E-state index in [1.165, 1.54) is 6.92 Å². The van der Waals surface area contributed by atoms with Gasteiger partial charge in [-0.15, -0.1) is 0 Å². The lowest BCUT2D eigenvalue weighted by Gasteiger charge is -2.20. The zero-order valence-corrected chi connectivity index (χ0v) is 12.0. The number of carbonyl (C=O) groups is 3. The summed E-state index contributed by atoms with van der Waals surface area (Å²) in [6.45, 7) is 8.46. The second-order valence-corrected chi connectivity index (χ2v) is 5.10. The molecule has 19 heavy (non-hydrogen) atoms. The lowest BCUT2D eigenvalue weighted by atomic mass is 10.0. The lowest BCUT2D eigenvalue weighted by Crippen LogP contribution is -2.42. The van der Waals surface area contributed by atoms with Crippen LogP contribution in [-0.2, 0) is 19.1 Å². The van der Waals surface area contributed by atoms with Crippen LogP contribution in [0.2, 0.25) is 0 Å². The Bertz CT molecular complexity index is 375. The molecule has 1 amide bonds. The number of azo groups is 1. The Labute approximate surface area is 112 Å². The summed E-state index contributed by atoms with van der Waals surface area (Å²) in [6.07, 6.45) is 0. The number of amides is 1. The van der Waals surface area contributed by atoms with Gasteiger partial charge in [0.25, 0.3) is 6.47 Å². The van der Waals surface area contributed by atoms with Gasteiger partial charge in [-0.2, -0.15) is 10.2 Å². The molecule has 0 bridgehead atoms. The Kier molecular flexibility index (Phi) is 6.31. The predicted molar refractivity (Wildman–Crippen MR) is 68.7 cm³/mol. The van der Waals surface area contributed by atoms with Crippen molar-refractivity contribution in [2.45, 2.75) is 45.7 Å². The first-order valence-corrected chi connectivity index (χ1v) is 5.92. The van der Waals surface area contributed by atoms with Gasteiger partial charge in [0.05, 0.1) is 6.54 Å². The van der Waals surface area contributed by atoms with Crippen molar-refractivity contribution in [2.75, 3.05) is 13.2 Å². The zero-order valence-electron chi connectivity index (χ0n) is 12.0. The number of ether oxygens (including phenoxy) is 1. The third kappa shape index (κ3) is 6.08. The minimum atomic E-state index is -1.09. The number of nitrogens with one attached hydrogen (secondary N) is 1. The zero-order chi connectivity index (χ0) is 15.1. The molecular formula is C12H21N3O4. The fraction of sp³-hybridized carbons (Fsp3) is 0.750. The predicted octanol–water partition coefficient (Wildman–Crippen LogP) is 0.874. The summed E-state index contributed by atoms with van der Waals surface area (Å²) in [6, 6.07) is 0. The molecule has 7 heteroatoms. The van der Waals surface area contributed by atoms with Crippen LogP contribution in [0.25, 0.3) is 0 Å². The van der Waals surface area contributed by atoms with Crippen LogP contribution in [0.15, 0.2) is 10.2 Å². The third-order valence-corrected chi connectivity index (χ3v) is 2.54. The van der Waals surface area contributed by atoms with Crippen molar-refractivity contribution in [3.63, 3.8) is 0 Å². The van der Waals surface area contributed by atoms with E-state index < -0.39 is 11.1 Å². The fourth-order valence-corrected chi connectivity index (χ4v) is 0.854. The van der Waals surface area contributed by atoms with E-state index in [4.69, 9.17) is 0 Å². The second kappa shape index (κ2) is 6.96. The van der Waals surface area contributed by atoms with E-state index in [1.807, 2.05) is 0 Å². The highest BCUT2D eigenvalue weighted by atomic mass is 16.5. The quantitative estimate of drug-likeness (QED) is 0.402. The number of carbonyl (C=O) groups excluding carboxylic acids is 3. The number of Topliss-reactive ketones (excluding diaryl/α,β-unsaturated/α-hetero) is 1. The number of hydrogen-bond donors (Lipinski definition) is 1. The largest absolute Gasteiger partial charge is 0.466 e. The standard InChI is InChI=1S/C12H21N3O4/c1-9(17)11(2,3)14-15-12(4,5)10(18)13-6-7-19-8-16/h8H,6-7H2,1-5H3,(H,13,18). The molecule has 0 unspecified atom stereocenters. The van der Waals surface area contributed by atoms with Gasteiger partial charge in [-0.3, -0.25) is 14.4 Å². The Hall–Kier alpha value is -1.79. The van der Waals surface area contributed by atoms with Gasteiger partial charge in [0.15, 0.2) is 11.3 Å². The molecule has 0 saturated heterocycles. The first-order valence-electron chi connectivity index (χ1n) is 5.92. The Morgan fingerprint density at radius 2 is 1.68 bits per heavy atom. The molecule has 0 spiro atoms. The molecule has 0 aromatic rings. The summed E-state index contributed by atoms with van der Waals surface area (Å²) >= 11 is 0. The summed E-state index contributed by atoms with van der Waals surface area (Å²) in [5.41, 5.74) is -2.04. The SMILES string of the molecule is CC(=O)C(C)(C)N=NC(C)(C)C(=O)NCCOC=O. The van der Waals surface area contributed by atoms with Crippen LogP contribution in [-0.4, -0.2) is 42.4 Å². The van der Waals surface area contributed by atoms with E-state index in [0.29, 0.717) is 6.47 Å². The highest BCUT2D eigenvalue weighted by Gasteiger charge is 2.30. The van der Waals surface area contributed by atoms with Crippen LogP contribution < -0.4 is 5.32 Å². The molecule has 0 aliphatic carbocycles. The number of rotatable bonds is 8. The monoisotopic (exact) mass is 271 g/mol. The molecule has 0 radical (unpaired) electrons. The van der Waals surface area contributed by atoms with Gasteiger partial charge in [-0.05, 0) is 34.6 Å². The van der Waals surface area contributed by atoms with Crippen molar-refractivity contribution in [2.24, 2.45) is 10.2 Å². The maximum Gasteiger partial charge on any atom is 0.293 e. The Balaban J connectivity index is 4.52. The van der Waals surface area contributed by atoms with Gasteiger partial charge in [-0.1, -0.05) is 0 Å². The first kappa shape index (κ1) is 17.2. The highest BCUT2D eigenvalue weighted by molar-refractivity contribution is 5.86. The van der Waals surface area contributed by atoms with Crippen LogP contribution in [0, 0.1) is 0 Å².